The third kappa shape index (κ3) is 4.33. The van der Waals surface area contributed by atoms with E-state index in [1.807, 2.05) is 0 Å². The van der Waals surface area contributed by atoms with Crippen molar-refractivity contribution in [2.45, 2.75) is 37.0 Å². The molecule has 26 heavy (non-hydrogen) atoms. The van der Waals surface area contributed by atoms with Gasteiger partial charge in [0.05, 0.1) is 6.42 Å². The number of aliphatic hydroxyl groups is 2. The highest BCUT2D eigenvalue weighted by Crippen LogP contribution is 2.28. The molecule has 0 aliphatic carbocycles. The number of aliphatic hydroxyl groups excluding tert-OH is 2. The first-order chi connectivity index (χ1) is 12.2. The first-order valence-electron chi connectivity index (χ1n) is 7.39. The topological polar surface area (TPSA) is 206 Å². The van der Waals surface area contributed by atoms with E-state index >= 15 is 0 Å². The van der Waals surface area contributed by atoms with Gasteiger partial charge in [0, 0.05) is 6.20 Å². The number of esters is 1. The fraction of sp³-hybridized carbons (Fsp3) is 0.538. The summed E-state index contributed by atoms with van der Waals surface area (Å²) < 4.78 is 11.0. The SMILES string of the molecule is N[C@@H](CC(=O)O)C(=O)OC[C@H]1O[C@@H](n2ccc(NO)nc2=O)[C@H](O)[C@@H]1O. The average molecular weight is 374 g/mol. The summed E-state index contributed by atoms with van der Waals surface area (Å²) in [7, 11) is 0. The fourth-order valence-corrected chi connectivity index (χ4v) is 2.31. The van der Waals surface area contributed by atoms with E-state index in [-0.39, 0.29) is 5.82 Å². The van der Waals surface area contributed by atoms with Gasteiger partial charge in [-0.25, -0.2) is 4.79 Å². The van der Waals surface area contributed by atoms with E-state index in [1.165, 1.54) is 12.3 Å². The molecule has 7 N–H and O–H groups in total. The number of nitrogens with zero attached hydrogens (tertiary/aromatic N) is 2. The van der Waals surface area contributed by atoms with Crippen molar-refractivity contribution < 1.29 is 39.6 Å². The number of hydrogen-bond donors (Lipinski definition) is 6. The maximum absolute atomic E-state index is 11.9. The van der Waals surface area contributed by atoms with Crippen molar-refractivity contribution in [3.63, 3.8) is 0 Å². The molecule has 2 heterocycles. The third-order valence-corrected chi connectivity index (χ3v) is 3.64. The van der Waals surface area contributed by atoms with E-state index in [0.717, 1.165) is 4.57 Å². The summed E-state index contributed by atoms with van der Waals surface area (Å²) in [6, 6.07) is -0.167. The minimum absolute atomic E-state index is 0.128. The number of anilines is 1. The Balaban J connectivity index is 2.02. The molecule has 0 unspecified atom stereocenters. The molecule has 1 saturated heterocycles. The number of aliphatic carboxylic acids is 1. The molecule has 1 aromatic heterocycles. The molecule has 144 valence electrons. The zero-order valence-corrected chi connectivity index (χ0v) is 13.3. The Morgan fingerprint density at radius 3 is 2.69 bits per heavy atom. The van der Waals surface area contributed by atoms with Crippen LogP contribution in [0.2, 0.25) is 0 Å². The van der Waals surface area contributed by atoms with Crippen molar-refractivity contribution in [2.24, 2.45) is 5.73 Å². The highest BCUT2D eigenvalue weighted by Gasteiger charge is 2.44. The molecule has 5 atom stereocenters. The Morgan fingerprint density at radius 1 is 1.42 bits per heavy atom. The average Bonchev–Trinajstić information content (AvgIpc) is 2.87. The number of ether oxygens (including phenoxy) is 2. The number of carboxylic acid groups (broad SMARTS) is 1. The molecule has 0 bridgehead atoms. The van der Waals surface area contributed by atoms with Gasteiger partial charge in [-0.3, -0.25) is 24.8 Å². The van der Waals surface area contributed by atoms with Crippen LogP contribution < -0.4 is 16.9 Å². The molecule has 2 rings (SSSR count). The van der Waals surface area contributed by atoms with Crippen LogP contribution in [0.1, 0.15) is 12.6 Å². The van der Waals surface area contributed by atoms with E-state index < -0.39 is 61.2 Å². The number of carbonyl (C=O) groups is 2. The molecule has 13 heteroatoms. The number of nitrogens with two attached hydrogens (primary N) is 1. The Kier molecular flexibility index (Phi) is 6.23. The van der Waals surface area contributed by atoms with Gasteiger partial charge in [0.25, 0.3) is 0 Å². The highest BCUT2D eigenvalue weighted by molar-refractivity contribution is 5.81. The molecule has 0 amide bonds. The minimum atomic E-state index is -1.53. The molecule has 1 aliphatic heterocycles. The predicted octanol–water partition coefficient (Wildman–Crippen LogP) is -2.99. The standard InChI is InChI=1S/C13H18N4O9/c14-5(3-8(18)19)12(22)25-4-6-9(20)10(21)11(26-6)17-2-1-7(16-24)15-13(17)23/h1-2,5-6,9-11,20-21,24H,3-4,14H2,(H,18,19)(H,15,16,23)/t5-,6+,9+,10+,11+/m0/s1. The van der Waals surface area contributed by atoms with Gasteiger partial charge in [0.1, 0.15) is 31.0 Å². The van der Waals surface area contributed by atoms with Crippen LogP contribution in [0.5, 0.6) is 0 Å². The van der Waals surface area contributed by atoms with Crippen LogP contribution in [0, 0.1) is 0 Å². The fourth-order valence-electron chi connectivity index (χ4n) is 2.31. The van der Waals surface area contributed by atoms with Crippen LogP contribution >= 0.6 is 0 Å². The minimum Gasteiger partial charge on any atom is -0.481 e. The molecule has 1 fully saturated rings. The Bertz CT molecular complexity index is 724. The van der Waals surface area contributed by atoms with E-state index in [2.05, 4.69) is 4.98 Å². The van der Waals surface area contributed by atoms with Gasteiger partial charge in [-0.1, -0.05) is 0 Å². The normalized spacial score (nSPS) is 26.3. The molecule has 0 aromatic carbocycles. The number of aromatic nitrogens is 2. The summed E-state index contributed by atoms with van der Waals surface area (Å²) in [5.41, 5.74) is 6.15. The molecule has 1 aromatic rings. The second-order valence-corrected chi connectivity index (χ2v) is 5.50. The van der Waals surface area contributed by atoms with E-state index in [1.54, 1.807) is 5.48 Å². The summed E-state index contributed by atoms with van der Waals surface area (Å²) in [5, 5.41) is 37.3. The van der Waals surface area contributed by atoms with Gasteiger partial charge in [-0.2, -0.15) is 4.98 Å². The lowest BCUT2D eigenvalue weighted by Gasteiger charge is -2.17. The molecular formula is C13H18N4O9. The molecule has 13 nitrogen and oxygen atoms in total. The summed E-state index contributed by atoms with van der Waals surface area (Å²) in [6.45, 7) is -0.515. The number of hydrogen-bond acceptors (Lipinski definition) is 11. The highest BCUT2D eigenvalue weighted by atomic mass is 16.6. The summed E-state index contributed by atoms with van der Waals surface area (Å²) in [4.78, 5) is 37.4. The summed E-state index contributed by atoms with van der Waals surface area (Å²) in [5.74, 6) is -2.43. The van der Waals surface area contributed by atoms with Crippen molar-refractivity contribution >= 4 is 17.8 Å². The zero-order chi connectivity index (χ0) is 19.4. The third-order valence-electron chi connectivity index (χ3n) is 3.64. The van der Waals surface area contributed by atoms with E-state index in [0.29, 0.717) is 0 Å². The second-order valence-electron chi connectivity index (χ2n) is 5.50. The number of carbonyl (C=O) groups excluding carboxylic acids is 1. The molecule has 0 spiro atoms. The van der Waals surface area contributed by atoms with Gasteiger partial charge in [0.15, 0.2) is 12.0 Å². The number of rotatable bonds is 7. The van der Waals surface area contributed by atoms with Crippen LogP contribution in [0.25, 0.3) is 0 Å². The molecule has 0 saturated carbocycles. The van der Waals surface area contributed by atoms with Gasteiger partial charge in [-0.05, 0) is 6.07 Å². The van der Waals surface area contributed by atoms with Crippen LogP contribution in [0.15, 0.2) is 17.1 Å². The van der Waals surface area contributed by atoms with Crippen molar-refractivity contribution in [3.05, 3.63) is 22.7 Å². The monoisotopic (exact) mass is 374 g/mol. The molecule has 1 aliphatic rings. The maximum Gasteiger partial charge on any atom is 0.351 e. The summed E-state index contributed by atoms with van der Waals surface area (Å²) >= 11 is 0. The lowest BCUT2D eigenvalue weighted by molar-refractivity contribution is -0.154. The van der Waals surface area contributed by atoms with Gasteiger partial charge in [-0.15, -0.1) is 0 Å². The van der Waals surface area contributed by atoms with Crippen LogP contribution in [0.4, 0.5) is 5.82 Å². The zero-order valence-electron chi connectivity index (χ0n) is 13.3. The summed E-state index contributed by atoms with van der Waals surface area (Å²) in [6.07, 6.45) is -4.98. The molecule has 0 radical (unpaired) electrons. The van der Waals surface area contributed by atoms with Gasteiger partial charge in [0.2, 0.25) is 0 Å². The second kappa shape index (κ2) is 8.20. The number of nitrogens with one attached hydrogen (secondary N) is 1. The van der Waals surface area contributed by atoms with Crippen molar-refractivity contribution in [1.29, 1.82) is 0 Å². The van der Waals surface area contributed by atoms with Gasteiger partial charge < -0.3 is 30.5 Å². The Morgan fingerprint density at radius 2 is 2.12 bits per heavy atom. The smallest absolute Gasteiger partial charge is 0.351 e. The first-order valence-corrected chi connectivity index (χ1v) is 7.39. The van der Waals surface area contributed by atoms with Gasteiger partial charge >= 0.3 is 17.6 Å². The van der Waals surface area contributed by atoms with E-state index in [9.17, 15) is 24.6 Å². The largest absolute Gasteiger partial charge is 0.481 e. The number of carboxylic acids is 1. The van der Waals surface area contributed by atoms with Crippen molar-refractivity contribution in [3.8, 4) is 0 Å². The predicted molar refractivity (Wildman–Crippen MR) is 81.0 cm³/mol. The quantitative estimate of drug-likeness (QED) is 0.209. The lowest BCUT2D eigenvalue weighted by atomic mass is 10.1. The maximum atomic E-state index is 11.9. The van der Waals surface area contributed by atoms with Crippen molar-refractivity contribution in [1.82, 2.24) is 9.55 Å². The Hall–Kier alpha value is -2.58. The van der Waals surface area contributed by atoms with Crippen LogP contribution in [0.3, 0.4) is 0 Å². The first kappa shape index (κ1) is 19.7. The van der Waals surface area contributed by atoms with E-state index in [4.69, 9.17) is 25.5 Å². The van der Waals surface area contributed by atoms with Crippen molar-refractivity contribution in [2.75, 3.05) is 12.1 Å². The molecular weight excluding hydrogens is 356 g/mol. The Labute approximate surface area is 145 Å². The lowest BCUT2D eigenvalue weighted by Crippen LogP contribution is -2.39. The van der Waals surface area contributed by atoms with Crippen LogP contribution in [-0.4, -0.2) is 73.0 Å². The van der Waals surface area contributed by atoms with Crippen LogP contribution in [-0.2, 0) is 19.1 Å².